The molecule has 0 spiro atoms. The third kappa shape index (κ3) is 4.67. The maximum absolute atomic E-state index is 12.5. The van der Waals surface area contributed by atoms with E-state index in [0.29, 0.717) is 37.8 Å². The van der Waals surface area contributed by atoms with Crippen molar-refractivity contribution in [3.8, 4) is 17.1 Å². The maximum atomic E-state index is 12.5. The average molecular weight is 424 g/mol. The Bertz CT molecular complexity index is 986. The van der Waals surface area contributed by atoms with E-state index in [4.69, 9.17) is 9.26 Å². The lowest BCUT2D eigenvalue weighted by Gasteiger charge is -2.16. The Hall–Kier alpha value is -2.80. The summed E-state index contributed by atoms with van der Waals surface area (Å²) >= 11 is 1.69. The molecule has 0 bridgehead atoms. The van der Waals surface area contributed by atoms with Crippen LogP contribution >= 0.6 is 11.8 Å². The molecule has 1 aliphatic heterocycles. The van der Waals surface area contributed by atoms with Gasteiger partial charge in [0, 0.05) is 30.0 Å². The second-order valence-electron chi connectivity index (χ2n) is 7.35. The lowest BCUT2D eigenvalue weighted by Crippen LogP contribution is -2.24. The summed E-state index contributed by atoms with van der Waals surface area (Å²) in [6.07, 6.45) is 3.41. The van der Waals surface area contributed by atoms with Gasteiger partial charge in [0.25, 0.3) is 0 Å². The summed E-state index contributed by atoms with van der Waals surface area (Å²) in [7, 11) is 0. The van der Waals surface area contributed by atoms with Gasteiger partial charge in [-0.1, -0.05) is 24.2 Å². The fourth-order valence-electron chi connectivity index (χ4n) is 3.48. The van der Waals surface area contributed by atoms with Crippen LogP contribution in [0.15, 0.2) is 57.9 Å². The van der Waals surface area contributed by atoms with Gasteiger partial charge in [0.2, 0.25) is 17.6 Å². The number of aromatic nitrogens is 2. The first kappa shape index (κ1) is 20.5. The number of benzene rings is 2. The fraction of sp³-hybridized carbons (Fsp3) is 0.348. The van der Waals surface area contributed by atoms with Crippen molar-refractivity contribution in [3.05, 3.63) is 60.0 Å². The molecule has 1 saturated heterocycles. The van der Waals surface area contributed by atoms with Gasteiger partial charge >= 0.3 is 0 Å². The van der Waals surface area contributed by atoms with Gasteiger partial charge in [0.05, 0.1) is 12.5 Å². The number of hydrogen-bond donors (Lipinski definition) is 0. The van der Waals surface area contributed by atoms with Crippen LogP contribution in [0.4, 0.5) is 0 Å². The number of likely N-dealkylation sites (tertiary alicyclic amines) is 1. The maximum Gasteiger partial charge on any atom is 0.232 e. The molecule has 1 atom stereocenters. The minimum Gasteiger partial charge on any atom is -0.494 e. The minimum absolute atomic E-state index is 0.0728. The first-order valence-corrected chi connectivity index (χ1v) is 11.4. The molecule has 0 radical (unpaired) electrons. The summed E-state index contributed by atoms with van der Waals surface area (Å²) in [5.41, 5.74) is 1.99. The average Bonchev–Trinajstić information content (AvgIpc) is 3.41. The highest BCUT2D eigenvalue weighted by atomic mass is 32.2. The molecular formula is C23H25N3O3S. The highest BCUT2D eigenvalue weighted by Crippen LogP contribution is 2.30. The van der Waals surface area contributed by atoms with Crippen molar-refractivity contribution >= 4 is 17.7 Å². The Balaban J connectivity index is 1.39. The molecule has 0 saturated carbocycles. The van der Waals surface area contributed by atoms with Crippen LogP contribution in [0.1, 0.15) is 37.1 Å². The van der Waals surface area contributed by atoms with Crippen molar-refractivity contribution in [2.45, 2.75) is 37.1 Å². The number of rotatable bonds is 8. The minimum atomic E-state index is -0.0728. The Morgan fingerprint density at radius 3 is 2.63 bits per heavy atom. The zero-order valence-electron chi connectivity index (χ0n) is 17.2. The molecule has 4 rings (SSSR count). The lowest BCUT2D eigenvalue weighted by molar-refractivity contribution is -0.128. The predicted molar refractivity (Wildman–Crippen MR) is 117 cm³/mol. The Morgan fingerprint density at radius 2 is 1.93 bits per heavy atom. The molecule has 2 heterocycles. The number of ether oxygens (including phenoxy) is 1. The first-order chi connectivity index (χ1) is 14.7. The highest BCUT2D eigenvalue weighted by Gasteiger charge is 2.34. The summed E-state index contributed by atoms with van der Waals surface area (Å²) in [4.78, 5) is 20.1. The Kier molecular flexibility index (Phi) is 6.38. The molecule has 1 fully saturated rings. The number of amides is 1. The topological polar surface area (TPSA) is 68.5 Å². The fourth-order valence-corrected chi connectivity index (χ4v) is 3.89. The number of nitrogens with zero attached hydrogens (tertiary/aromatic N) is 3. The van der Waals surface area contributed by atoms with E-state index in [1.54, 1.807) is 11.8 Å². The lowest BCUT2D eigenvalue weighted by atomic mass is 10.1. The molecular weight excluding hydrogens is 398 g/mol. The number of hydrogen-bond acceptors (Lipinski definition) is 6. The quantitative estimate of drug-likeness (QED) is 0.487. The molecule has 6 nitrogen and oxygen atoms in total. The van der Waals surface area contributed by atoms with Crippen molar-refractivity contribution in [1.82, 2.24) is 15.0 Å². The van der Waals surface area contributed by atoms with Gasteiger partial charge in [-0.3, -0.25) is 4.79 Å². The molecule has 1 aromatic heterocycles. The molecule has 2 aromatic carbocycles. The molecule has 1 amide bonds. The van der Waals surface area contributed by atoms with E-state index >= 15 is 0 Å². The molecule has 3 aromatic rings. The van der Waals surface area contributed by atoms with E-state index in [0.717, 1.165) is 23.3 Å². The van der Waals surface area contributed by atoms with E-state index in [2.05, 4.69) is 17.1 Å². The van der Waals surface area contributed by atoms with Crippen LogP contribution in [0.3, 0.4) is 0 Å². The van der Waals surface area contributed by atoms with Gasteiger partial charge in [-0.05, 0) is 54.6 Å². The van der Waals surface area contributed by atoms with Gasteiger partial charge < -0.3 is 14.2 Å². The summed E-state index contributed by atoms with van der Waals surface area (Å²) in [5.74, 6) is 1.98. The molecule has 156 valence electrons. The van der Waals surface area contributed by atoms with Crippen LogP contribution in [-0.4, -0.2) is 40.4 Å². The van der Waals surface area contributed by atoms with Gasteiger partial charge in [0.15, 0.2) is 0 Å². The van der Waals surface area contributed by atoms with Gasteiger partial charge in [-0.15, -0.1) is 11.8 Å². The van der Waals surface area contributed by atoms with Crippen LogP contribution < -0.4 is 4.74 Å². The predicted octanol–water partition coefficient (Wildman–Crippen LogP) is 4.76. The van der Waals surface area contributed by atoms with Crippen molar-refractivity contribution in [1.29, 1.82) is 0 Å². The molecule has 0 aliphatic carbocycles. The van der Waals surface area contributed by atoms with E-state index in [9.17, 15) is 4.79 Å². The summed E-state index contributed by atoms with van der Waals surface area (Å²) < 4.78 is 11.1. The largest absolute Gasteiger partial charge is 0.494 e. The molecule has 1 aliphatic rings. The number of carbonyl (C=O) groups is 1. The standard InChI is InChI=1S/C23H25N3O3S/c1-3-12-28-19-8-4-16(5-9-19)14-26-15-18(13-21(26)27)23-24-22(25-29-23)17-6-10-20(30-2)11-7-17/h4-11,18H,3,12-15H2,1-2H3. The van der Waals surface area contributed by atoms with Crippen molar-refractivity contribution < 1.29 is 14.1 Å². The second kappa shape index (κ2) is 9.34. The van der Waals surface area contributed by atoms with Crippen LogP contribution in [0, 0.1) is 0 Å². The van der Waals surface area contributed by atoms with Gasteiger partial charge in [-0.25, -0.2) is 0 Å². The zero-order valence-corrected chi connectivity index (χ0v) is 18.0. The van der Waals surface area contributed by atoms with Gasteiger partial charge in [0.1, 0.15) is 5.75 Å². The first-order valence-electron chi connectivity index (χ1n) is 10.1. The summed E-state index contributed by atoms with van der Waals surface area (Å²) in [5, 5.41) is 4.12. The Morgan fingerprint density at radius 1 is 1.17 bits per heavy atom. The van der Waals surface area contributed by atoms with Crippen molar-refractivity contribution in [2.24, 2.45) is 0 Å². The van der Waals surface area contributed by atoms with Crippen LogP contribution in [-0.2, 0) is 11.3 Å². The molecule has 7 heteroatoms. The SMILES string of the molecule is CCCOc1ccc(CN2CC(c3nc(-c4ccc(SC)cc4)no3)CC2=O)cc1. The number of thioether (sulfide) groups is 1. The molecule has 0 N–H and O–H groups in total. The molecule has 30 heavy (non-hydrogen) atoms. The van der Waals surface area contributed by atoms with Crippen LogP contribution in [0.2, 0.25) is 0 Å². The van der Waals surface area contributed by atoms with E-state index in [1.807, 2.05) is 59.7 Å². The van der Waals surface area contributed by atoms with E-state index in [1.165, 1.54) is 4.90 Å². The van der Waals surface area contributed by atoms with Crippen molar-refractivity contribution in [2.75, 3.05) is 19.4 Å². The molecule has 1 unspecified atom stereocenters. The van der Waals surface area contributed by atoms with Crippen molar-refractivity contribution in [3.63, 3.8) is 0 Å². The number of carbonyl (C=O) groups excluding carboxylic acids is 1. The normalized spacial score (nSPS) is 16.3. The summed E-state index contributed by atoms with van der Waals surface area (Å²) in [6, 6.07) is 16.0. The van der Waals surface area contributed by atoms with Crippen LogP contribution in [0.5, 0.6) is 5.75 Å². The smallest absolute Gasteiger partial charge is 0.232 e. The third-order valence-corrected chi connectivity index (χ3v) is 5.87. The summed E-state index contributed by atoms with van der Waals surface area (Å²) in [6.45, 7) is 3.94. The van der Waals surface area contributed by atoms with E-state index in [-0.39, 0.29) is 11.8 Å². The Labute approximate surface area is 180 Å². The monoisotopic (exact) mass is 423 g/mol. The zero-order chi connectivity index (χ0) is 20.9. The second-order valence-corrected chi connectivity index (χ2v) is 8.23. The highest BCUT2D eigenvalue weighted by molar-refractivity contribution is 7.98. The van der Waals surface area contributed by atoms with Gasteiger partial charge in [-0.2, -0.15) is 4.98 Å². The third-order valence-electron chi connectivity index (χ3n) is 5.12. The van der Waals surface area contributed by atoms with E-state index < -0.39 is 0 Å². The van der Waals surface area contributed by atoms with Crippen LogP contribution in [0.25, 0.3) is 11.4 Å².